The van der Waals surface area contributed by atoms with Crippen molar-refractivity contribution in [3.05, 3.63) is 34.9 Å². The molecule has 0 spiro atoms. The second kappa shape index (κ2) is 4.66. The Morgan fingerprint density at radius 2 is 2.31 bits per heavy atom. The Balaban J connectivity index is 2.11. The number of aryl methyl sites for hydroxylation is 1. The van der Waals surface area contributed by atoms with Crippen molar-refractivity contribution in [1.29, 1.82) is 0 Å². The average Bonchev–Trinajstić information content (AvgIpc) is 2.25. The number of benzene rings is 1. The number of carbonyl (C=O) groups excluding carboxylic acids is 1. The zero-order valence-electron chi connectivity index (χ0n) is 9.53. The lowest BCUT2D eigenvalue weighted by atomic mass is 9.88. The summed E-state index contributed by atoms with van der Waals surface area (Å²) < 4.78 is 4.98. The van der Waals surface area contributed by atoms with Crippen LogP contribution in [0.4, 0.5) is 0 Å². The summed E-state index contributed by atoms with van der Waals surface area (Å²) in [6.45, 7) is 1.78. The SMILES string of the molecule is CC(=O)OCc1ccc2c(c1)C[C@H](N)CC2. The number of carbonyl (C=O) groups is 1. The van der Waals surface area contributed by atoms with Crippen LogP contribution in [-0.2, 0) is 29.0 Å². The minimum atomic E-state index is -0.241. The van der Waals surface area contributed by atoms with Gasteiger partial charge in [-0.25, -0.2) is 0 Å². The highest BCUT2D eigenvalue weighted by Crippen LogP contribution is 2.22. The molecule has 0 amide bonds. The van der Waals surface area contributed by atoms with E-state index in [-0.39, 0.29) is 12.0 Å². The molecule has 0 saturated carbocycles. The molecule has 2 N–H and O–H groups in total. The summed E-state index contributed by atoms with van der Waals surface area (Å²) in [4.78, 5) is 10.7. The first-order chi connectivity index (χ1) is 7.65. The van der Waals surface area contributed by atoms with E-state index in [1.807, 2.05) is 6.07 Å². The van der Waals surface area contributed by atoms with E-state index in [2.05, 4.69) is 12.1 Å². The van der Waals surface area contributed by atoms with Gasteiger partial charge in [-0.1, -0.05) is 18.2 Å². The van der Waals surface area contributed by atoms with Crippen molar-refractivity contribution in [3.8, 4) is 0 Å². The Labute approximate surface area is 95.6 Å². The number of rotatable bonds is 2. The number of hydrogen-bond donors (Lipinski definition) is 1. The molecular formula is C13H17NO2. The molecule has 1 aliphatic rings. The van der Waals surface area contributed by atoms with E-state index in [9.17, 15) is 4.79 Å². The van der Waals surface area contributed by atoms with Gasteiger partial charge in [-0.2, -0.15) is 0 Å². The Kier molecular flexibility index (Phi) is 3.25. The number of nitrogens with two attached hydrogens (primary N) is 1. The maximum atomic E-state index is 10.7. The molecule has 0 unspecified atom stereocenters. The minimum absolute atomic E-state index is 0.241. The summed E-state index contributed by atoms with van der Waals surface area (Å²) in [6, 6.07) is 6.53. The fraction of sp³-hybridized carbons (Fsp3) is 0.462. The van der Waals surface area contributed by atoms with E-state index < -0.39 is 0 Å². The van der Waals surface area contributed by atoms with E-state index in [1.165, 1.54) is 18.1 Å². The fourth-order valence-corrected chi connectivity index (χ4v) is 2.11. The number of fused-ring (bicyclic) bond motifs is 1. The van der Waals surface area contributed by atoms with Gasteiger partial charge in [0.15, 0.2) is 0 Å². The number of esters is 1. The van der Waals surface area contributed by atoms with Crippen molar-refractivity contribution >= 4 is 5.97 Å². The van der Waals surface area contributed by atoms with Gasteiger partial charge in [-0.15, -0.1) is 0 Å². The lowest BCUT2D eigenvalue weighted by Gasteiger charge is -2.21. The monoisotopic (exact) mass is 219 g/mol. The van der Waals surface area contributed by atoms with E-state index in [0.717, 1.165) is 24.8 Å². The van der Waals surface area contributed by atoms with Crippen LogP contribution in [0.2, 0.25) is 0 Å². The highest BCUT2D eigenvalue weighted by molar-refractivity contribution is 5.65. The second-order valence-electron chi connectivity index (χ2n) is 4.39. The molecule has 0 saturated heterocycles. The molecule has 0 aromatic heterocycles. The first kappa shape index (κ1) is 11.1. The Bertz CT molecular complexity index is 401. The number of ether oxygens (including phenoxy) is 1. The summed E-state index contributed by atoms with van der Waals surface area (Å²) >= 11 is 0. The molecule has 3 nitrogen and oxygen atoms in total. The highest BCUT2D eigenvalue weighted by atomic mass is 16.5. The van der Waals surface area contributed by atoms with Crippen LogP contribution in [0.3, 0.4) is 0 Å². The lowest BCUT2D eigenvalue weighted by Crippen LogP contribution is -2.27. The van der Waals surface area contributed by atoms with Gasteiger partial charge in [0.1, 0.15) is 6.61 Å². The fourth-order valence-electron chi connectivity index (χ4n) is 2.11. The lowest BCUT2D eigenvalue weighted by molar-refractivity contribution is -0.142. The Morgan fingerprint density at radius 3 is 3.06 bits per heavy atom. The van der Waals surface area contributed by atoms with Gasteiger partial charge >= 0.3 is 5.97 Å². The molecule has 1 atom stereocenters. The van der Waals surface area contributed by atoms with Gasteiger partial charge in [0.05, 0.1) is 0 Å². The third-order valence-corrected chi connectivity index (χ3v) is 2.98. The topological polar surface area (TPSA) is 52.3 Å². The van der Waals surface area contributed by atoms with Gasteiger partial charge in [-0.05, 0) is 36.0 Å². The van der Waals surface area contributed by atoms with Gasteiger partial charge in [0.25, 0.3) is 0 Å². The van der Waals surface area contributed by atoms with Crippen LogP contribution in [0.5, 0.6) is 0 Å². The molecule has 3 heteroatoms. The Hall–Kier alpha value is -1.35. The third-order valence-electron chi connectivity index (χ3n) is 2.98. The molecule has 0 aliphatic heterocycles. The van der Waals surface area contributed by atoms with Crippen LogP contribution in [0.25, 0.3) is 0 Å². The largest absolute Gasteiger partial charge is 0.461 e. The first-order valence-electron chi connectivity index (χ1n) is 5.65. The van der Waals surface area contributed by atoms with Crippen LogP contribution >= 0.6 is 0 Å². The normalized spacial score (nSPS) is 19.0. The number of hydrogen-bond acceptors (Lipinski definition) is 3. The molecular weight excluding hydrogens is 202 g/mol. The third kappa shape index (κ3) is 2.61. The van der Waals surface area contributed by atoms with Crippen molar-refractivity contribution in [2.75, 3.05) is 0 Å². The van der Waals surface area contributed by atoms with Crippen molar-refractivity contribution in [2.45, 2.75) is 38.8 Å². The summed E-state index contributed by atoms with van der Waals surface area (Å²) in [5.41, 5.74) is 9.67. The van der Waals surface area contributed by atoms with E-state index in [4.69, 9.17) is 10.5 Å². The molecule has 0 heterocycles. The summed E-state index contributed by atoms with van der Waals surface area (Å²) in [5, 5.41) is 0. The predicted octanol–water partition coefficient (Wildman–Crippen LogP) is 1.57. The second-order valence-corrected chi connectivity index (χ2v) is 4.39. The van der Waals surface area contributed by atoms with Crippen LogP contribution < -0.4 is 5.73 Å². The van der Waals surface area contributed by atoms with Crippen LogP contribution in [-0.4, -0.2) is 12.0 Å². The van der Waals surface area contributed by atoms with Gasteiger partial charge in [0.2, 0.25) is 0 Å². The molecule has 2 rings (SSSR count). The van der Waals surface area contributed by atoms with Crippen LogP contribution in [0, 0.1) is 0 Å². The zero-order chi connectivity index (χ0) is 11.5. The molecule has 0 radical (unpaired) electrons. The quantitative estimate of drug-likeness (QED) is 0.768. The average molecular weight is 219 g/mol. The summed E-state index contributed by atoms with van der Waals surface area (Å²) in [6.07, 6.45) is 3.06. The molecule has 1 aromatic carbocycles. The summed E-state index contributed by atoms with van der Waals surface area (Å²) in [7, 11) is 0. The van der Waals surface area contributed by atoms with Crippen molar-refractivity contribution in [3.63, 3.8) is 0 Å². The van der Waals surface area contributed by atoms with Crippen molar-refractivity contribution in [1.82, 2.24) is 0 Å². The van der Waals surface area contributed by atoms with Gasteiger partial charge in [-0.3, -0.25) is 4.79 Å². The van der Waals surface area contributed by atoms with E-state index in [1.54, 1.807) is 0 Å². The minimum Gasteiger partial charge on any atom is -0.461 e. The highest BCUT2D eigenvalue weighted by Gasteiger charge is 2.15. The Morgan fingerprint density at radius 1 is 1.50 bits per heavy atom. The van der Waals surface area contributed by atoms with Crippen LogP contribution in [0.1, 0.15) is 30.0 Å². The zero-order valence-corrected chi connectivity index (χ0v) is 9.53. The smallest absolute Gasteiger partial charge is 0.302 e. The molecule has 86 valence electrons. The maximum Gasteiger partial charge on any atom is 0.302 e. The first-order valence-corrected chi connectivity index (χ1v) is 5.65. The predicted molar refractivity (Wildman–Crippen MR) is 61.9 cm³/mol. The van der Waals surface area contributed by atoms with Crippen LogP contribution in [0.15, 0.2) is 18.2 Å². The van der Waals surface area contributed by atoms with Gasteiger partial charge in [0, 0.05) is 13.0 Å². The molecule has 16 heavy (non-hydrogen) atoms. The molecule has 0 fully saturated rings. The molecule has 0 bridgehead atoms. The molecule has 1 aliphatic carbocycles. The molecule has 1 aromatic rings. The van der Waals surface area contributed by atoms with E-state index in [0.29, 0.717) is 6.61 Å². The van der Waals surface area contributed by atoms with Crippen molar-refractivity contribution in [2.24, 2.45) is 5.73 Å². The van der Waals surface area contributed by atoms with Gasteiger partial charge < -0.3 is 10.5 Å². The standard InChI is InChI=1S/C13H17NO2/c1-9(15)16-8-10-2-3-11-4-5-13(14)7-12(11)6-10/h2-3,6,13H,4-5,7-8,14H2,1H3/t13-/m1/s1. The van der Waals surface area contributed by atoms with E-state index >= 15 is 0 Å². The maximum absolute atomic E-state index is 10.7. The van der Waals surface area contributed by atoms with Crippen molar-refractivity contribution < 1.29 is 9.53 Å². The summed E-state index contributed by atoms with van der Waals surface area (Å²) in [5.74, 6) is -0.241.